The largest absolute Gasteiger partial charge is 0.465 e. The Labute approximate surface area is 186 Å². The zero-order chi connectivity index (χ0) is 23.1. The Balaban J connectivity index is 1.93. The van der Waals surface area contributed by atoms with Crippen LogP contribution in [0.1, 0.15) is 49.7 Å². The lowest BCUT2D eigenvalue weighted by molar-refractivity contribution is -0.144. The number of nitrogens with zero attached hydrogens (tertiary/aromatic N) is 5. The van der Waals surface area contributed by atoms with Crippen LogP contribution in [0.2, 0.25) is 0 Å². The molecule has 3 aromatic rings. The number of H-pyrrole nitrogens is 1. The summed E-state index contributed by atoms with van der Waals surface area (Å²) >= 11 is 0. The molecule has 0 spiro atoms. The number of aryl methyl sites for hydroxylation is 1. The molecule has 0 bridgehead atoms. The average Bonchev–Trinajstić information content (AvgIpc) is 3.20. The third-order valence-corrected chi connectivity index (χ3v) is 5.32. The number of esters is 1. The molecule has 0 aliphatic carbocycles. The predicted octanol–water partition coefficient (Wildman–Crippen LogP) is 1.72. The van der Waals surface area contributed by atoms with Crippen LogP contribution in [0.25, 0.3) is 10.9 Å². The van der Waals surface area contributed by atoms with Crippen LogP contribution in [0.3, 0.4) is 0 Å². The highest BCUT2D eigenvalue weighted by Crippen LogP contribution is 2.25. The van der Waals surface area contributed by atoms with Crippen molar-refractivity contribution in [2.75, 3.05) is 19.8 Å². The van der Waals surface area contributed by atoms with Crippen LogP contribution in [-0.4, -0.2) is 60.9 Å². The van der Waals surface area contributed by atoms with Gasteiger partial charge in [0.1, 0.15) is 6.54 Å². The van der Waals surface area contributed by atoms with Gasteiger partial charge in [0, 0.05) is 30.8 Å². The van der Waals surface area contributed by atoms with E-state index in [1.165, 1.54) is 4.68 Å². The fraction of sp³-hybridized carbons (Fsp3) is 0.500. The standard InChI is InChI=1S/C22H30N6O4/c1-4-19(21-24-25-26-28(21)14-20(30)32-5-2)27(9-6-10-29)13-17-12-16-11-15(3)7-8-18(16)23-22(17)31/h7-8,11-12,19,29H,4-6,9-10,13-14H2,1-3H3,(H,23,31)/t19-/m1/s1. The number of carbonyl (C=O) groups is 1. The molecule has 3 rings (SSSR count). The van der Waals surface area contributed by atoms with Crippen LogP contribution in [-0.2, 0) is 22.6 Å². The fourth-order valence-electron chi connectivity index (χ4n) is 3.82. The summed E-state index contributed by atoms with van der Waals surface area (Å²) in [5.74, 6) is 0.103. The number of rotatable bonds is 11. The van der Waals surface area contributed by atoms with E-state index in [0.29, 0.717) is 37.3 Å². The van der Waals surface area contributed by atoms with E-state index < -0.39 is 5.97 Å². The first kappa shape index (κ1) is 23.6. The Kier molecular flexibility index (Phi) is 8.07. The van der Waals surface area contributed by atoms with Crippen molar-refractivity contribution in [3.63, 3.8) is 0 Å². The van der Waals surface area contributed by atoms with Gasteiger partial charge < -0.3 is 14.8 Å². The van der Waals surface area contributed by atoms with E-state index in [4.69, 9.17) is 4.74 Å². The molecule has 0 fully saturated rings. The van der Waals surface area contributed by atoms with Gasteiger partial charge in [0.2, 0.25) is 0 Å². The van der Waals surface area contributed by atoms with Gasteiger partial charge in [-0.3, -0.25) is 14.5 Å². The van der Waals surface area contributed by atoms with Crippen LogP contribution >= 0.6 is 0 Å². The number of fused-ring (bicyclic) bond motifs is 1. The molecule has 2 heterocycles. The third-order valence-electron chi connectivity index (χ3n) is 5.32. The zero-order valence-electron chi connectivity index (χ0n) is 18.7. The zero-order valence-corrected chi connectivity index (χ0v) is 18.7. The SMILES string of the molecule is CCOC(=O)Cn1nnnc1[C@@H](CC)N(CCCO)Cc1cc2cc(C)ccc2[nH]c1=O. The number of pyridine rings is 1. The summed E-state index contributed by atoms with van der Waals surface area (Å²) in [5, 5.41) is 22.3. The number of hydrogen-bond donors (Lipinski definition) is 2. The molecule has 10 heteroatoms. The average molecular weight is 443 g/mol. The quantitative estimate of drug-likeness (QED) is 0.430. The van der Waals surface area contributed by atoms with Crippen molar-refractivity contribution in [1.82, 2.24) is 30.1 Å². The maximum Gasteiger partial charge on any atom is 0.327 e. The first-order valence-corrected chi connectivity index (χ1v) is 10.9. The van der Waals surface area contributed by atoms with Gasteiger partial charge in [-0.05, 0) is 60.7 Å². The number of ether oxygens (including phenoxy) is 1. The summed E-state index contributed by atoms with van der Waals surface area (Å²) < 4.78 is 6.46. The maximum absolute atomic E-state index is 12.8. The molecule has 0 aliphatic heterocycles. The molecule has 1 aromatic carbocycles. The Hall–Kier alpha value is -3.11. The topological polar surface area (TPSA) is 126 Å². The van der Waals surface area contributed by atoms with Crippen molar-refractivity contribution >= 4 is 16.9 Å². The van der Waals surface area contributed by atoms with Crippen LogP contribution in [0.15, 0.2) is 29.1 Å². The number of aromatic nitrogens is 5. The van der Waals surface area contributed by atoms with Crippen LogP contribution in [0.4, 0.5) is 0 Å². The molecule has 0 radical (unpaired) electrons. The van der Waals surface area contributed by atoms with Crippen molar-refractivity contribution in [1.29, 1.82) is 0 Å². The van der Waals surface area contributed by atoms with Crippen LogP contribution < -0.4 is 5.56 Å². The summed E-state index contributed by atoms with van der Waals surface area (Å²) in [6, 6.07) is 7.55. The number of aromatic amines is 1. The summed E-state index contributed by atoms with van der Waals surface area (Å²) in [4.78, 5) is 29.8. The maximum atomic E-state index is 12.8. The van der Waals surface area contributed by atoms with E-state index >= 15 is 0 Å². The van der Waals surface area contributed by atoms with Gasteiger partial charge in [-0.25, -0.2) is 4.68 Å². The van der Waals surface area contributed by atoms with Crippen LogP contribution in [0, 0.1) is 6.92 Å². The molecule has 1 atom stereocenters. The number of hydrogen-bond acceptors (Lipinski definition) is 8. The number of carbonyl (C=O) groups excluding carboxylic acids is 1. The molecule has 0 aliphatic rings. The summed E-state index contributed by atoms with van der Waals surface area (Å²) in [6.07, 6.45) is 1.18. The van der Waals surface area contributed by atoms with Crippen molar-refractivity contribution < 1.29 is 14.6 Å². The molecule has 0 unspecified atom stereocenters. The van der Waals surface area contributed by atoms with Crippen molar-refractivity contribution in [3.8, 4) is 0 Å². The highest BCUT2D eigenvalue weighted by Gasteiger charge is 2.26. The summed E-state index contributed by atoms with van der Waals surface area (Å²) in [5.41, 5.74) is 2.36. The monoisotopic (exact) mass is 442 g/mol. The molecular weight excluding hydrogens is 412 g/mol. The van der Waals surface area contributed by atoms with Gasteiger partial charge in [0.15, 0.2) is 5.82 Å². The summed E-state index contributed by atoms with van der Waals surface area (Å²) in [7, 11) is 0. The Bertz CT molecular complexity index is 1110. The van der Waals surface area contributed by atoms with Crippen molar-refractivity contribution in [2.45, 2.75) is 52.7 Å². The minimum Gasteiger partial charge on any atom is -0.465 e. The van der Waals surface area contributed by atoms with E-state index in [2.05, 4.69) is 25.4 Å². The molecule has 0 saturated heterocycles. The molecule has 0 saturated carbocycles. The molecule has 2 N–H and O–H groups in total. The number of tetrazole rings is 1. The number of aliphatic hydroxyl groups is 1. The van der Waals surface area contributed by atoms with Crippen molar-refractivity contribution in [3.05, 3.63) is 51.6 Å². The minimum atomic E-state index is -0.417. The van der Waals surface area contributed by atoms with Gasteiger partial charge in [0.05, 0.1) is 12.6 Å². The van der Waals surface area contributed by atoms with Crippen molar-refractivity contribution in [2.24, 2.45) is 0 Å². The Morgan fingerprint density at radius 1 is 1.31 bits per heavy atom. The highest BCUT2D eigenvalue weighted by atomic mass is 16.5. The second-order valence-electron chi connectivity index (χ2n) is 7.69. The van der Waals surface area contributed by atoms with Crippen LogP contribution in [0.5, 0.6) is 0 Å². The van der Waals surface area contributed by atoms with Gasteiger partial charge in [-0.15, -0.1) is 5.10 Å². The number of aliphatic hydroxyl groups excluding tert-OH is 1. The fourth-order valence-corrected chi connectivity index (χ4v) is 3.82. The molecule has 0 amide bonds. The van der Waals surface area contributed by atoms with Gasteiger partial charge >= 0.3 is 5.97 Å². The molecule has 172 valence electrons. The lowest BCUT2D eigenvalue weighted by Crippen LogP contribution is -2.34. The van der Waals surface area contributed by atoms with E-state index in [-0.39, 0.29) is 31.4 Å². The van der Waals surface area contributed by atoms with Gasteiger partial charge in [-0.1, -0.05) is 18.6 Å². The first-order chi connectivity index (χ1) is 15.5. The second kappa shape index (κ2) is 11.0. The van der Waals surface area contributed by atoms with Gasteiger partial charge in [-0.2, -0.15) is 0 Å². The summed E-state index contributed by atoms with van der Waals surface area (Å²) in [6.45, 7) is 6.84. The smallest absolute Gasteiger partial charge is 0.327 e. The van der Waals surface area contributed by atoms with E-state index in [9.17, 15) is 14.7 Å². The molecule has 10 nitrogen and oxygen atoms in total. The lowest BCUT2D eigenvalue weighted by Gasteiger charge is -2.30. The van der Waals surface area contributed by atoms with E-state index in [0.717, 1.165) is 16.5 Å². The first-order valence-electron chi connectivity index (χ1n) is 10.9. The Morgan fingerprint density at radius 3 is 2.84 bits per heavy atom. The van der Waals surface area contributed by atoms with E-state index in [1.807, 2.05) is 38.1 Å². The Morgan fingerprint density at radius 2 is 2.12 bits per heavy atom. The minimum absolute atomic E-state index is 0.0218. The molecular formula is C22H30N6O4. The molecule has 2 aromatic heterocycles. The molecule has 32 heavy (non-hydrogen) atoms. The normalized spacial score (nSPS) is 12.4. The predicted molar refractivity (Wildman–Crippen MR) is 119 cm³/mol. The van der Waals surface area contributed by atoms with E-state index in [1.54, 1.807) is 6.92 Å². The highest BCUT2D eigenvalue weighted by molar-refractivity contribution is 5.79. The number of nitrogens with one attached hydrogen (secondary N) is 1. The van der Waals surface area contributed by atoms with Gasteiger partial charge in [0.25, 0.3) is 5.56 Å². The lowest BCUT2D eigenvalue weighted by atomic mass is 10.1. The number of benzene rings is 1. The second-order valence-corrected chi connectivity index (χ2v) is 7.69. The third kappa shape index (κ3) is 5.57.